The molecular weight excluding hydrogens is 316 g/mol. The zero-order valence-electron chi connectivity index (χ0n) is 14.0. The third-order valence-corrected chi connectivity index (χ3v) is 4.61. The van der Waals surface area contributed by atoms with Gasteiger partial charge >= 0.3 is 0 Å². The van der Waals surface area contributed by atoms with Gasteiger partial charge in [-0.3, -0.25) is 9.78 Å². The highest BCUT2D eigenvalue weighted by atomic mass is 32.2. The molecule has 1 amide bonds. The van der Waals surface area contributed by atoms with Gasteiger partial charge in [-0.1, -0.05) is 32.0 Å². The summed E-state index contributed by atoms with van der Waals surface area (Å²) in [6.07, 6.45) is 0. The summed E-state index contributed by atoms with van der Waals surface area (Å²) in [5.41, 5.74) is 3.13. The number of hydrogen-bond acceptors (Lipinski definition) is 3. The number of fused-ring (bicyclic) bond motifs is 1. The van der Waals surface area contributed by atoms with Crippen molar-refractivity contribution in [2.24, 2.45) is 0 Å². The van der Waals surface area contributed by atoms with Gasteiger partial charge in [0.1, 0.15) is 0 Å². The number of carbonyl (C=O) groups is 1. The van der Waals surface area contributed by atoms with Crippen LogP contribution in [0.1, 0.15) is 29.9 Å². The zero-order chi connectivity index (χ0) is 17.1. The molecule has 0 aliphatic heterocycles. The lowest BCUT2D eigenvalue weighted by molar-refractivity contribution is 0.102. The first kappa shape index (κ1) is 16.5. The number of benzene rings is 2. The molecule has 24 heavy (non-hydrogen) atoms. The molecule has 0 saturated carbocycles. The molecule has 2 aromatic carbocycles. The molecule has 3 nitrogen and oxygen atoms in total. The van der Waals surface area contributed by atoms with E-state index in [0.717, 1.165) is 22.3 Å². The molecule has 3 aromatic rings. The van der Waals surface area contributed by atoms with E-state index >= 15 is 0 Å². The van der Waals surface area contributed by atoms with Crippen molar-refractivity contribution in [3.8, 4) is 0 Å². The number of nitrogens with zero attached hydrogens (tertiary/aromatic N) is 1. The molecule has 0 aliphatic carbocycles. The summed E-state index contributed by atoms with van der Waals surface area (Å²) in [6, 6.07) is 17.5. The van der Waals surface area contributed by atoms with Crippen LogP contribution < -0.4 is 5.32 Å². The van der Waals surface area contributed by atoms with Crippen LogP contribution >= 0.6 is 11.8 Å². The standard InChI is InChI=1S/C20H20N2OS/c1-13(2)24-17-11-9-16(10-12-17)20(23)22-18-6-4-5-15-8-7-14(3)21-19(15)18/h4-13H,1-3H3,(H,22,23). The highest BCUT2D eigenvalue weighted by Gasteiger charge is 2.10. The number of hydrogen-bond donors (Lipinski definition) is 1. The minimum atomic E-state index is -0.119. The Labute approximate surface area is 146 Å². The normalized spacial score (nSPS) is 11.0. The molecule has 0 aliphatic rings. The van der Waals surface area contributed by atoms with E-state index in [1.165, 1.54) is 4.90 Å². The Kier molecular flexibility index (Phi) is 4.86. The highest BCUT2D eigenvalue weighted by molar-refractivity contribution is 7.99. The van der Waals surface area contributed by atoms with Crippen LogP contribution in [0, 0.1) is 6.92 Å². The third kappa shape index (κ3) is 3.77. The first-order chi connectivity index (χ1) is 11.5. The predicted octanol–water partition coefficient (Wildman–Crippen LogP) is 5.30. The average Bonchev–Trinajstić information content (AvgIpc) is 2.55. The van der Waals surface area contributed by atoms with Gasteiger partial charge in [0.05, 0.1) is 11.2 Å². The van der Waals surface area contributed by atoms with E-state index in [2.05, 4.69) is 24.1 Å². The van der Waals surface area contributed by atoms with Gasteiger partial charge in [-0.2, -0.15) is 0 Å². The first-order valence-corrected chi connectivity index (χ1v) is 8.85. The number of rotatable bonds is 4. The monoisotopic (exact) mass is 336 g/mol. The number of thioether (sulfide) groups is 1. The summed E-state index contributed by atoms with van der Waals surface area (Å²) in [6.45, 7) is 6.25. The van der Waals surface area contributed by atoms with Crippen molar-refractivity contribution in [3.05, 3.63) is 65.9 Å². The molecule has 122 valence electrons. The lowest BCUT2D eigenvalue weighted by Crippen LogP contribution is -2.12. The molecule has 0 saturated heterocycles. The maximum Gasteiger partial charge on any atom is 0.255 e. The Hall–Kier alpha value is -2.33. The molecule has 0 atom stereocenters. The number of anilines is 1. The molecule has 1 aromatic heterocycles. The number of amides is 1. The second-order valence-electron chi connectivity index (χ2n) is 5.98. The smallest absolute Gasteiger partial charge is 0.255 e. The number of para-hydroxylation sites is 1. The molecule has 0 radical (unpaired) electrons. The lowest BCUT2D eigenvalue weighted by Gasteiger charge is -2.10. The fourth-order valence-electron chi connectivity index (χ4n) is 2.50. The van der Waals surface area contributed by atoms with Crippen LogP contribution in [0.15, 0.2) is 59.5 Å². The Morgan fingerprint density at radius 1 is 1.04 bits per heavy atom. The highest BCUT2D eigenvalue weighted by Crippen LogP contribution is 2.24. The zero-order valence-corrected chi connectivity index (χ0v) is 14.9. The molecule has 4 heteroatoms. The maximum atomic E-state index is 12.5. The Bertz CT molecular complexity index is 872. The fraction of sp³-hybridized carbons (Fsp3) is 0.200. The number of aromatic nitrogens is 1. The Morgan fingerprint density at radius 3 is 2.50 bits per heavy atom. The van der Waals surface area contributed by atoms with E-state index < -0.39 is 0 Å². The quantitative estimate of drug-likeness (QED) is 0.658. The Morgan fingerprint density at radius 2 is 1.79 bits per heavy atom. The summed E-state index contributed by atoms with van der Waals surface area (Å²) in [5, 5.41) is 4.52. The van der Waals surface area contributed by atoms with Crippen molar-refractivity contribution in [1.82, 2.24) is 4.98 Å². The topological polar surface area (TPSA) is 42.0 Å². The number of aryl methyl sites for hydroxylation is 1. The van der Waals surface area contributed by atoms with E-state index in [1.807, 2.05) is 61.5 Å². The van der Waals surface area contributed by atoms with E-state index in [9.17, 15) is 4.79 Å². The van der Waals surface area contributed by atoms with Gasteiger partial charge < -0.3 is 5.32 Å². The molecule has 0 unspecified atom stereocenters. The summed E-state index contributed by atoms with van der Waals surface area (Å²) in [4.78, 5) is 18.3. The summed E-state index contributed by atoms with van der Waals surface area (Å²) >= 11 is 1.78. The predicted molar refractivity (Wildman–Crippen MR) is 102 cm³/mol. The van der Waals surface area contributed by atoms with Gasteiger partial charge in [-0.25, -0.2) is 0 Å². The number of nitrogens with one attached hydrogen (secondary N) is 1. The molecular formula is C20H20N2OS. The van der Waals surface area contributed by atoms with Crippen LogP contribution in [0.2, 0.25) is 0 Å². The second kappa shape index (κ2) is 7.05. The SMILES string of the molecule is Cc1ccc2cccc(NC(=O)c3ccc(SC(C)C)cc3)c2n1. The van der Waals surface area contributed by atoms with Crippen LogP contribution in [0.3, 0.4) is 0 Å². The van der Waals surface area contributed by atoms with Gasteiger partial charge in [0.2, 0.25) is 0 Å². The van der Waals surface area contributed by atoms with Crippen LogP contribution in [0.4, 0.5) is 5.69 Å². The second-order valence-corrected chi connectivity index (χ2v) is 7.62. The van der Waals surface area contributed by atoms with Crippen molar-refractivity contribution in [2.75, 3.05) is 5.32 Å². The van der Waals surface area contributed by atoms with E-state index in [1.54, 1.807) is 11.8 Å². The summed E-state index contributed by atoms with van der Waals surface area (Å²) in [7, 11) is 0. The lowest BCUT2D eigenvalue weighted by atomic mass is 10.1. The average molecular weight is 336 g/mol. The van der Waals surface area contributed by atoms with Crippen molar-refractivity contribution in [3.63, 3.8) is 0 Å². The van der Waals surface area contributed by atoms with E-state index in [0.29, 0.717) is 10.8 Å². The van der Waals surface area contributed by atoms with E-state index in [-0.39, 0.29) is 5.91 Å². The molecule has 1 N–H and O–H groups in total. The van der Waals surface area contributed by atoms with Gasteiger partial charge in [0, 0.05) is 26.8 Å². The largest absolute Gasteiger partial charge is 0.320 e. The minimum Gasteiger partial charge on any atom is -0.320 e. The number of pyridine rings is 1. The van der Waals surface area contributed by atoms with Crippen LogP contribution in [0.25, 0.3) is 10.9 Å². The molecule has 3 rings (SSSR count). The van der Waals surface area contributed by atoms with Gasteiger partial charge in [-0.15, -0.1) is 11.8 Å². The molecule has 0 spiro atoms. The van der Waals surface area contributed by atoms with Crippen molar-refractivity contribution < 1.29 is 4.79 Å². The van der Waals surface area contributed by atoms with Crippen molar-refractivity contribution in [2.45, 2.75) is 30.9 Å². The summed E-state index contributed by atoms with van der Waals surface area (Å²) in [5.74, 6) is -0.119. The van der Waals surface area contributed by atoms with Gasteiger partial charge in [-0.05, 0) is 43.3 Å². The van der Waals surface area contributed by atoms with Gasteiger partial charge in [0.15, 0.2) is 0 Å². The van der Waals surface area contributed by atoms with Crippen molar-refractivity contribution >= 4 is 34.3 Å². The molecule has 1 heterocycles. The Balaban J connectivity index is 1.83. The fourth-order valence-corrected chi connectivity index (χ4v) is 3.33. The molecule has 0 bridgehead atoms. The van der Waals surface area contributed by atoms with Crippen LogP contribution in [-0.2, 0) is 0 Å². The maximum absolute atomic E-state index is 12.5. The minimum absolute atomic E-state index is 0.119. The van der Waals surface area contributed by atoms with E-state index in [4.69, 9.17) is 0 Å². The van der Waals surface area contributed by atoms with Crippen molar-refractivity contribution in [1.29, 1.82) is 0 Å². The summed E-state index contributed by atoms with van der Waals surface area (Å²) < 4.78 is 0. The molecule has 0 fully saturated rings. The van der Waals surface area contributed by atoms with Gasteiger partial charge in [0.25, 0.3) is 5.91 Å². The first-order valence-electron chi connectivity index (χ1n) is 7.97. The van der Waals surface area contributed by atoms with Crippen LogP contribution in [0.5, 0.6) is 0 Å². The van der Waals surface area contributed by atoms with Crippen LogP contribution in [-0.4, -0.2) is 16.1 Å². The number of carbonyl (C=O) groups excluding carboxylic acids is 1. The third-order valence-electron chi connectivity index (χ3n) is 3.60.